The number of alkyl halides is 3. The zero-order valence-electron chi connectivity index (χ0n) is 19.4. The standard InChI is InChI=1S/C23H26F3N5O3/c1-14-20-18(23(24,25)26)13-19(27-21(20)29(3)28-14)34-15(2)22(32)31-11-9-30(10-12-31)16-5-7-17(33-4)8-6-16/h5-8,13,15H,9-12H2,1-4H3/t15-/m1/s1. The maximum Gasteiger partial charge on any atom is 0.417 e. The number of carbonyl (C=O) groups excluding carboxylic acids is 1. The van der Waals surface area contributed by atoms with Gasteiger partial charge in [-0.1, -0.05) is 0 Å². The summed E-state index contributed by atoms with van der Waals surface area (Å²) in [5.41, 5.74) is 0.421. The Bertz CT molecular complexity index is 1190. The second-order valence-corrected chi connectivity index (χ2v) is 8.18. The molecule has 0 N–H and O–H groups in total. The van der Waals surface area contributed by atoms with Crippen LogP contribution in [0.3, 0.4) is 0 Å². The highest BCUT2D eigenvalue weighted by Crippen LogP contribution is 2.37. The van der Waals surface area contributed by atoms with E-state index in [1.807, 2.05) is 24.3 Å². The lowest BCUT2D eigenvalue weighted by molar-refractivity contribution is -0.138. The van der Waals surface area contributed by atoms with E-state index < -0.39 is 17.8 Å². The Labute approximate surface area is 194 Å². The number of piperazine rings is 1. The van der Waals surface area contributed by atoms with Crippen LogP contribution in [-0.2, 0) is 18.0 Å². The normalized spacial score (nSPS) is 15.5. The lowest BCUT2D eigenvalue weighted by atomic mass is 10.1. The van der Waals surface area contributed by atoms with Gasteiger partial charge in [0, 0.05) is 45.0 Å². The number of hydrogen-bond donors (Lipinski definition) is 0. The van der Waals surface area contributed by atoms with Crippen molar-refractivity contribution in [1.82, 2.24) is 19.7 Å². The molecule has 0 saturated carbocycles. The number of benzene rings is 1. The molecule has 2 aromatic heterocycles. The van der Waals surface area contributed by atoms with Gasteiger partial charge in [0.2, 0.25) is 5.88 Å². The summed E-state index contributed by atoms with van der Waals surface area (Å²) in [5, 5.41) is 3.97. The molecule has 0 bridgehead atoms. The van der Waals surface area contributed by atoms with Crippen molar-refractivity contribution in [2.24, 2.45) is 7.05 Å². The number of halogens is 3. The number of methoxy groups -OCH3 is 1. The van der Waals surface area contributed by atoms with Crippen LogP contribution in [0.4, 0.5) is 18.9 Å². The summed E-state index contributed by atoms with van der Waals surface area (Å²) < 4.78 is 53.1. The molecule has 0 unspecified atom stereocenters. The van der Waals surface area contributed by atoms with E-state index in [1.54, 1.807) is 12.0 Å². The molecule has 1 fully saturated rings. The van der Waals surface area contributed by atoms with E-state index in [0.717, 1.165) is 17.5 Å². The first-order valence-corrected chi connectivity index (χ1v) is 10.8. The smallest absolute Gasteiger partial charge is 0.417 e. The zero-order chi connectivity index (χ0) is 24.6. The third-order valence-electron chi connectivity index (χ3n) is 5.92. The molecule has 1 aromatic carbocycles. The Morgan fingerprint density at radius 1 is 1.12 bits per heavy atom. The van der Waals surface area contributed by atoms with Crippen LogP contribution in [0, 0.1) is 6.92 Å². The topological polar surface area (TPSA) is 72.7 Å². The van der Waals surface area contributed by atoms with E-state index in [2.05, 4.69) is 15.0 Å². The maximum atomic E-state index is 13.7. The van der Waals surface area contributed by atoms with Gasteiger partial charge < -0.3 is 19.3 Å². The maximum absolute atomic E-state index is 13.7. The molecule has 1 atom stereocenters. The average Bonchev–Trinajstić information content (AvgIpc) is 3.10. The van der Waals surface area contributed by atoms with Gasteiger partial charge in [-0.15, -0.1) is 0 Å². The molecular formula is C23H26F3N5O3. The van der Waals surface area contributed by atoms with Crippen molar-refractivity contribution in [3.8, 4) is 11.6 Å². The number of anilines is 1. The molecule has 34 heavy (non-hydrogen) atoms. The third-order valence-corrected chi connectivity index (χ3v) is 5.92. The molecule has 11 heteroatoms. The Morgan fingerprint density at radius 3 is 2.35 bits per heavy atom. The second-order valence-electron chi connectivity index (χ2n) is 8.18. The Hall–Kier alpha value is -3.50. The molecule has 0 aliphatic carbocycles. The predicted octanol–water partition coefficient (Wildman–Crippen LogP) is 3.42. The third kappa shape index (κ3) is 4.59. The summed E-state index contributed by atoms with van der Waals surface area (Å²) in [6.45, 7) is 5.21. The first-order valence-electron chi connectivity index (χ1n) is 10.8. The minimum atomic E-state index is -4.61. The number of aryl methyl sites for hydroxylation is 2. The minimum absolute atomic E-state index is 0.0510. The van der Waals surface area contributed by atoms with Crippen molar-refractivity contribution >= 4 is 22.6 Å². The van der Waals surface area contributed by atoms with Crippen molar-refractivity contribution < 1.29 is 27.4 Å². The molecule has 4 rings (SSSR count). The van der Waals surface area contributed by atoms with Crippen LogP contribution >= 0.6 is 0 Å². The van der Waals surface area contributed by atoms with E-state index in [9.17, 15) is 18.0 Å². The van der Waals surface area contributed by atoms with Crippen molar-refractivity contribution in [2.75, 3.05) is 38.2 Å². The molecule has 0 spiro atoms. The van der Waals surface area contributed by atoms with Crippen LogP contribution in [0.5, 0.6) is 11.6 Å². The van der Waals surface area contributed by atoms with Gasteiger partial charge in [-0.05, 0) is 38.1 Å². The lowest BCUT2D eigenvalue weighted by Crippen LogP contribution is -2.52. The van der Waals surface area contributed by atoms with Gasteiger partial charge >= 0.3 is 6.18 Å². The highest BCUT2D eigenvalue weighted by Gasteiger charge is 2.36. The van der Waals surface area contributed by atoms with Gasteiger partial charge in [0.25, 0.3) is 5.91 Å². The first kappa shape index (κ1) is 23.7. The fourth-order valence-corrected chi connectivity index (χ4v) is 4.17. The second kappa shape index (κ2) is 9.03. The quantitative estimate of drug-likeness (QED) is 0.561. The zero-order valence-corrected chi connectivity index (χ0v) is 19.4. The number of carbonyl (C=O) groups is 1. The summed E-state index contributed by atoms with van der Waals surface area (Å²) in [6.07, 6.45) is -5.61. The molecule has 1 aliphatic rings. The molecule has 0 radical (unpaired) electrons. The molecule has 1 amide bonds. The number of ether oxygens (including phenoxy) is 2. The minimum Gasteiger partial charge on any atom is -0.497 e. The monoisotopic (exact) mass is 477 g/mol. The summed E-state index contributed by atoms with van der Waals surface area (Å²) in [5.74, 6) is 0.205. The van der Waals surface area contributed by atoms with Crippen molar-refractivity contribution in [3.05, 3.63) is 41.6 Å². The summed E-state index contributed by atoms with van der Waals surface area (Å²) >= 11 is 0. The number of fused-ring (bicyclic) bond motifs is 1. The molecular weight excluding hydrogens is 451 g/mol. The Kier molecular flexibility index (Phi) is 6.28. The number of rotatable bonds is 5. The van der Waals surface area contributed by atoms with E-state index in [0.29, 0.717) is 26.2 Å². The van der Waals surface area contributed by atoms with Crippen molar-refractivity contribution in [1.29, 1.82) is 0 Å². The van der Waals surface area contributed by atoms with E-state index in [1.165, 1.54) is 25.6 Å². The van der Waals surface area contributed by atoms with E-state index in [-0.39, 0.29) is 28.5 Å². The highest BCUT2D eigenvalue weighted by molar-refractivity contribution is 5.84. The number of nitrogens with zero attached hydrogens (tertiary/aromatic N) is 5. The molecule has 1 aliphatic heterocycles. The molecule has 1 saturated heterocycles. The summed E-state index contributed by atoms with van der Waals surface area (Å²) in [7, 11) is 3.13. The van der Waals surface area contributed by atoms with Gasteiger partial charge in [-0.25, -0.2) is 0 Å². The largest absolute Gasteiger partial charge is 0.497 e. The van der Waals surface area contributed by atoms with Gasteiger partial charge in [0.15, 0.2) is 11.8 Å². The summed E-state index contributed by atoms with van der Waals surface area (Å²) in [4.78, 5) is 20.9. The SMILES string of the molecule is COc1ccc(N2CCN(C(=O)[C@@H](C)Oc3cc(C(F)(F)F)c4c(C)nn(C)c4n3)CC2)cc1. The highest BCUT2D eigenvalue weighted by atomic mass is 19.4. The van der Waals surface area contributed by atoms with Gasteiger partial charge in [0.05, 0.1) is 23.8 Å². The summed E-state index contributed by atoms with van der Waals surface area (Å²) in [6, 6.07) is 8.52. The van der Waals surface area contributed by atoms with Crippen LogP contribution in [0.15, 0.2) is 30.3 Å². The van der Waals surface area contributed by atoms with Crippen molar-refractivity contribution in [3.63, 3.8) is 0 Å². The van der Waals surface area contributed by atoms with Crippen LogP contribution in [0.25, 0.3) is 11.0 Å². The van der Waals surface area contributed by atoms with Gasteiger partial charge in [-0.2, -0.15) is 23.3 Å². The Balaban J connectivity index is 1.45. The van der Waals surface area contributed by atoms with Crippen LogP contribution in [-0.4, -0.2) is 65.0 Å². The van der Waals surface area contributed by atoms with Gasteiger partial charge in [-0.3, -0.25) is 9.48 Å². The molecule has 182 valence electrons. The molecule has 8 nitrogen and oxygen atoms in total. The van der Waals surface area contributed by atoms with Crippen molar-refractivity contribution in [2.45, 2.75) is 26.1 Å². The number of hydrogen-bond acceptors (Lipinski definition) is 6. The number of amides is 1. The molecule has 3 aromatic rings. The van der Waals surface area contributed by atoms with Crippen LogP contribution < -0.4 is 14.4 Å². The van der Waals surface area contributed by atoms with E-state index >= 15 is 0 Å². The fourth-order valence-electron chi connectivity index (χ4n) is 4.17. The molecule has 3 heterocycles. The lowest BCUT2D eigenvalue weighted by Gasteiger charge is -2.37. The van der Waals surface area contributed by atoms with Crippen LogP contribution in [0.2, 0.25) is 0 Å². The average molecular weight is 477 g/mol. The number of aromatic nitrogens is 3. The predicted molar refractivity (Wildman–Crippen MR) is 120 cm³/mol. The van der Waals surface area contributed by atoms with Crippen LogP contribution in [0.1, 0.15) is 18.2 Å². The first-order chi connectivity index (χ1) is 16.1. The fraction of sp³-hybridized carbons (Fsp3) is 0.435. The van der Waals surface area contributed by atoms with E-state index in [4.69, 9.17) is 9.47 Å². The number of pyridine rings is 1. The Morgan fingerprint density at radius 2 is 1.76 bits per heavy atom. The van der Waals surface area contributed by atoms with Gasteiger partial charge in [0.1, 0.15) is 5.75 Å².